The van der Waals surface area contributed by atoms with E-state index in [4.69, 9.17) is 4.42 Å². The van der Waals surface area contributed by atoms with Crippen LogP contribution in [0.2, 0.25) is 0 Å². The molecule has 8 heteroatoms. The van der Waals surface area contributed by atoms with Crippen LogP contribution in [0.25, 0.3) is 0 Å². The standard InChI is InChI=1S/C23H34N4O4/c1-18-7-2-4-10-26(18)21(28)17-24-12-14-25(15-13-24)22(29)19-8-3-5-11-27(19)23(30)20-9-6-16-31-20/h6,9,16,18-19H,2-5,7-8,10-15,17H2,1H3. The van der Waals surface area contributed by atoms with Crippen molar-refractivity contribution >= 4 is 17.7 Å². The minimum atomic E-state index is -0.422. The molecular weight excluding hydrogens is 396 g/mol. The number of hydrogen-bond acceptors (Lipinski definition) is 5. The van der Waals surface area contributed by atoms with Crippen LogP contribution < -0.4 is 0 Å². The third-order valence-electron chi connectivity index (χ3n) is 6.95. The van der Waals surface area contributed by atoms with E-state index in [2.05, 4.69) is 11.8 Å². The molecule has 2 unspecified atom stereocenters. The van der Waals surface area contributed by atoms with Crippen molar-refractivity contribution in [3.05, 3.63) is 24.2 Å². The summed E-state index contributed by atoms with van der Waals surface area (Å²) in [5.41, 5.74) is 0. The summed E-state index contributed by atoms with van der Waals surface area (Å²) in [6.07, 6.45) is 7.40. The quantitative estimate of drug-likeness (QED) is 0.728. The summed E-state index contributed by atoms with van der Waals surface area (Å²) >= 11 is 0. The van der Waals surface area contributed by atoms with Crippen molar-refractivity contribution in [1.29, 1.82) is 0 Å². The van der Waals surface area contributed by atoms with Gasteiger partial charge in [-0.25, -0.2) is 0 Å². The topological polar surface area (TPSA) is 77.3 Å². The highest BCUT2D eigenvalue weighted by Crippen LogP contribution is 2.23. The van der Waals surface area contributed by atoms with Crippen LogP contribution in [0.5, 0.6) is 0 Å². The first-order valence-corrected chi connectivity index (χ1v) is 11.7. The Morgan fingerprint density at radius 2 is 1.65 bits per heavy atom. The van der Waals surface area contributed by atoms with Crippen LogP contribution in [0.3, 0.4) is 0 Å². The Bertz CT molecular complexity index is 773. The number of hydrogen-bond donors (Lipinski definition) is 0. The largest absolute Gasteiger partial charge is 0.459 e. The van der Waals surface area contributed by atoms with Crippen molar-refractivity contribution in [2.75, 3.05) is 45.8 Å². The van der Waals surface area contributed by atoms with Gasteiger partial charge in [-0.15, -0.1) is 0 Å². The maximum Gasteiger partial charge on any atom is 0.290 e. The van der Waals surface area contributed by atoms with E-state index in [0.717, 1.165) is 32.2 Å². The molecule has 0 aromatic carbocycles. The Balaban J connectivity index is 1.31. The Morgan fingerprint density at radius 3 is 2.32 bits per heavy atom. The Labute approximate surface area is 184 Å². The van der Waals surface area contributed by atoms with Crippen LogP contribution in [-0.4, -0.2) is 95.2 Å². The Hall–Kier alpha value is -2.35. The SMILES string of the molecule is CC1CCCCN1C(=O)CN1CCN(C(=O)C2CCCCN2C(=O)c2ccco2)CC1. The third kappa shape index (κ3) is 4.95. The summed E-state index contributed by atoms with van der Waals surface area (Å²) in [6.45, 7) is 6.59. The lowest BCUT2D eigenvalue weighted by molar-refractivity contribution is -0.140. The van der Waals surface area contributed by atoms with Gasteiger partial charge in [0.05, 0.1) is 12.8 Å². The van der Waals surface area contributed by atoms with Crippen LogP contribution in [0, 0.1) is 0 Å². The molecule has 4 rings (SSSR count). The van der Waals surface area contributed by atoms with Gasteiger partial charge in [0.1, 0.15) is 6.04 Å². The van der Waals surface area contributed by atoms with Crippen LogP contribution >= 0.6 is 0 Å². The van der Waals surface area contributed by atoms with Gasteiger partial charge in [-0.05, 0) is 57.6 Å². The van der Waals surface area contributed by atoms with E-state index < -0.39 is 6.04 Å². The number of rotatable bonds is 4. The smallest absolute Gasteiger partial charge is 0.290 e. The molecular formula is C23H34N4O4. The average molecular weight is 431 g/mol. The van der Waals surface area contributed by atoms with Gasteiger partial charge in [-0.1, -0.05) is 0 Å². The summed E-state index contributed by atoms with van der Waals surface area (Å²) in [5, 5.41) is 0. The van der Waals surface area contributed by atoms with Gasteiger partial charge in [0.2, 0.25) is 11.8 Å². The van der Waals surface area contributed by atoms with Gasteiger partial charge in [0.15, 0.2) is 5.76 Å². The zero-order valence-electron chi connectivity index (χ0n) is 18.5. The van der Waals surface area contributed by atoms with E-state index >= 15 is 0 Å². The number of furan rings is 1. The summed E-state index contributed by atoms with van der Waals surface area (Å²) in [7, 11) is 0. The highest BCUT2D eigenvalue weighted by Gasteiger charge is 2.37. The number of piperazine rings is 1. The molecule has 0 spiro atoms. The molecule has 3 amide bonds. The predicted octanol–water partition coefficient (Wildman–Crippen LogP) is 1.82. The van der Waals surface area contributed by atoms with Crippen molar-refractivity contribution in [3.8, 4) is 0 Å². The second-order valence-corrected chi connectivity index (χ2v) is 9.02. The number of carbonyl (C=O) groups excluding carboxylic acids is 3. The molecule has 0 radical (unpaired) electrons. The van der Waals surface area contributed by atoms with E-state index in [0.29, 0.717) is 51.7 Å². The van der Waals surface area contributed by atoms with Crippen LogP contribution in [0.1, 0.15) is 56.0 Å². The molecule has 170 valence electrons. The summed E-state index contributed by atoms with van der Waals surface area (Å²) in [5.74, 6) is 0.308. The van der Waals surface area contributed by atoms with Crippen LogP contribution in [0.4, 0.5) is 0 Å². The lowest BCUT2D eigenvalue weighted by Crippen LogP contribution is -2.58. The van der Waals surface area contributed by atoms with Gasteiger partial charge in [0.25, 0.3) is 5.91 Å². The molecule has 3 saturated heterocycles. The maximum absolute atomic E-state index is 13.3. The molecule has 2 atom stereocenters. The van der Waals surface area contributed by atoms with Gasteiger partial charge in [-0.3, -0.25) is 19.3 Å². The van der Waals surface area contributed by atoms with E-state index in [1.807, 2.05) is 9.80 Å². The number of piperidine rings is 2. The average Bonchev–Trinajstić information content (AvgIpc) is 3.34. The Kier molecular flexibility index (Phi) is 6.95. The molecule has 3 aliphatic heterocycles. The number of amides is 3. The molecule has 0 N–H and O–H groups in total. The molecule has 4 heterocycles. The fourth-order valence-corrected chi connectivity index (χ4v) is 5.06. The zero-order chi connectivity index (χ0) is 21.8. The molecule has 1 aromatic rings. The van der Waals surface area contributed by atoms with Gasteiger partial charge in [0, 0.05) is 45.3 Å². The van der Waals surface area contributed by atoms with Crippen molar-refractivity contribution in [2.45, 2.75) is 57.5 Å². The van der Waals surface area contributed by atoms with E-state index in [9.17, 15) is 14.4 Å². The second kappa shape index (κ2) is 9.85. The Morgan fingerprint density at radius 1 is 0.935 bits per heavy atom. The lowest BCUT2D eigenvalue weighted by atomic mass is 10.00. The molecule has 1 aromatic heterocycles. The van der Waals surface area contributed by atoms with Crippen molar-refractivity contribution < 1.29 is 18.8 Å². The lowest BCUT2D eigenvalue weighted by Gasteiger charge is -2.41. The highest BCUT2D eigenvalue weighted by molar-refractivity contribution is 5.95. The van der Waals surface area contributed by atoms with Crippen molar-refractivity contribution in [2.24, 2.45) is 0 Å². The van der Waals surface area contributed by atoms with E-state index in [1.165, 1.54) is 12.7 Å². The minimum absolute atomic E-state index is 0.0234. The first-order valence-electron chi connectivity index (χ1n) is 11.7. The third-order valence-corrected chi connectivity index (χ3v) is 6.95. The summed E-state index contributed by atoms with van der Waals surface area (Å²) in [6, 6.07) is 3.25. The van der Waals surface area contributed by atoms with Crippen LogP contribution in [0.15, 0.2) is 22.8 Å². The highest BCUT2D eigenvalue weighted by atomic mass is 16.3. The molecule has 8 nitrogen and oxygen atoms in total. The first-order chi connectivity index (χ1) is 15.0. The normalized spacial score (nSPS) is 25.5. The predicted molar refractivity (Wildman–Crippen MR) is 115 cm³/mol. The second-order valence-electron chi connectivity index (χ2n) is 9.02. The van der Waals surface area contributed by atoms with Gasteiger partial charge >= 0.3 is 0 Å². The molecule has 0 aliphatic carbocycles. The first kappa shape index (κ1) is 21.9. The molecule has 0 bridgehead atoms. The molecule has 3 fully saturated rings. The van der Waals surface area contributed by atoms with Crippen molar-refractivity contribution in [1.82, 2.24) is 19.6 Å². The summed E-state index contributed by atoms with van der Waals surface area (Å²) in [4.78, 5) is 46.5. The number of carbonyl (C=O) groups is 3. The zero-order valence-corrected chi connectivity index (χ0v) is 18.5. The molecule has 3 aliphatic rings. The maximum atomic E-state index is 13.3. The van der Waals surface area contributed by atoms with Crippen molar-refractivity contribution in [3.63, 3.8) is 0 Å². The van der Waals surface area contributed by atoms with Crippen LogP contribution in [-0.2, 0) is 9.59 Å². The minimum Gasteiger partial charge on any atom is -0.459 e. The van der Waals surface area contributed by atoms with Gasteiger partial charge < -0.3 is 19.1 Å². The van der Waals surface area contributed by atoms with E-state index in [-0.39, 0.29) is 23.5 Å². The summed E-state index contributed by atoms with van der Waals surface area (Å²) < 4.78 is 5.27. The van der Waals surface area contributed by atoms with E-state index in [1.54, 1.807) is 17.0 Å². The molecule has 0 saturated carbocycles. The number of likely N-dealkylation sites (tertiary alicyclic amines) is 2. The molecule has 31 heavy (non-hydrogen) atoms. The van der Waals surface area contributed by atoms with Gasteiger partial charge in [-0.2, -0.15) is 0 Å². The monoisotopic (exact) mass is 430 g/mol. The number of nitrogens with zero attached hydrogens (tertiary/aromatic N) is 4. The fraction of sp³-hybridized carbons (Fsp3) is 0.696. The fourth-order valence-electron chi connectivity index (χ4n) is 5.06.